The number of carbonyl (C=O) groups excluding carboxylic acids is 3. The summed E-state index contributed by atoms with van der Waals surface area (Å²) in [6.45, 7) is 2.16. The highest BCUT2D eigenvalue weighted by Gasteiger charge is 2.37. The lowest BCUT2D eigenvalue weighted by atomic mass is 9.98. The Kier molecular flexibility index (Phi) is 5.77. The van der Waals surface area contributed by atoms with Crippen LogP contribution in [0.1, 0.15) is 29.8 Å². The Balaban J connectivity index is 1.72. The van der Waals surface area contributed by atoms with Gasteiger partial charge in [0.15, 0.2) is 0 Å². The fourth-order valence-corrected chi connectivity index (χ4v) is 3.62. The summed E-state index contributed by atoms with van der Waals surface area (Å²) in [4.78, 5) is 40.1. The molecule has 0 radical (unpaired) electrons. The number of hydrogen-bond donors (Lipinski definition) is 1. The Hall–Kier alpha value is -3.16. The van der Waals surface area contributed by atoms with Crippen molar-refractivity contribution in [2.75, 3.05) is 19.6 Å². The van der Waals surface area contributed by atoms with Gasteiger partial charge in [0.1, 0.15) is 6.04 Å². The van der Waals surface area contributed by atoms with Gasteiger partial charge < -0.3 is 15.5 Å². The molecular weight excluding hydrogens is 358 g/mol. The Labute approximate surface area is 163 Å². The van der Waals surface area contributed by atoms with Crippen molar-refractivity contribution in [2.45, 2.75) is 25.8 Å². The van der Waals surface area contributed by atoms with Crippen molar-refractivity contribution in [2.24, 2.45) is 12.8 Å². The summed E-state index contributed by atoms with van der Waals surface area (Å²) >= 11 is 0. The Morgan fingerprint density at radius 2 is 1.96 bits per heavy atom. The minimum Gasteiger partial charge on any atom is -0.368 e. The van der Waals surface area contributed by atoms with Gasteiger partial charge in [0.05, 0.1) is 12.7 Å². The summed E-state index contributed by atoms with van der Waals surface area (Å²) in [5, 5.41) is 4.18. The van der Waals surface area contributed by atoms with Crippen molar-refractivity contribution in [3.05, 3.63) is 53.3 Å². The third-order valence-corrected chi connectivity index (χ3v) is 5.16. The largest absolute Gasteiger partial charge is 0.368 e. The third kappa shape index (κ3) is 4.05. The zero-order valence-electron chi connectivity index (χ0n) is 16.2. The molecule has 1 aliphatic heterocycles. The molecule has 1 aromatic heterocycles. The number of primary amides is 1. The summed E-state index contributed by atoms with van der Waals surface area (Å²) in [5.41, 5.74) is 8.25. The van der Waals surface area contributed by atoms with Crippen molar-refractivity contribution in [1.29, 1.82) is 0 Å². The fourth-order valence-electron chi connectivity index (χ4n) is 3.62. The van der Waals surface area contributed by atoms with Crippen LogP contribution < -0.4 is 5.73 Å². The maximum absolute atomic E-state index is 13.0. The molecule has 0 saturated carbocycles. The van der Waals surface area contributed by atoms with Gasteiger partial charge in [-0.3, -0.25) is 19.1 Å². The summed E-state index contributed by atoms with van der Waals surface area (Å²) in [6.07, 6.45) is 2.83. The average molecular weight is 383 g/mol. The minimum atomic E-state index is -0.854. The van der Waals surface area contributed by atoms with E-state index in [1.54, 1.807) is 17.9 Å². The molecule has 2 aromatic rings. The lowest BCUT2D eigenvalue weighted by Crippen LogP contribution is -2.50. The summed E-state index contributed by atoms with van der Waals surface area (Å²) in [6, 6.07) is 8.93. The number of amides is 3. The molecule has 1 aromatic carbocycles. The third-order valence-electron chi connectivity index (χ3n) is 5.16. The van der Waals surface area contributed by atoms with Crippen molar-refractivity contribution in [1.82, 2.24) is 19.6 Å². The van der Waals surface area contributed by atoms with Crippen LogP contribution in [0.25, 0.3) is 0 Å². The van der Waals surface area contributed by atoms with Crippen LogP contribution in [0.3, 0.4) is 0 Å². The van der Waals surface area contributed by atoms with E-state index in [4.69, 9.17) is 5.73 Å². The Bertz CT molecular complexity index is 877. The number of benzene rings is 1. The highest BCUT2D eigenvalue weighted by atomic mass is 16.2. The van der Waals surface area contributed by atoms with E-state index in [0.717, 1.165) is 11.3 Å². The van der Waals surface area contributed by atoms with Crippen molar-refractivity contribution in [3.8, 4) is 0 Å². The van der Waals surface area contributed by atoms with Crippen LogP contribution in [0, 0.1) is 0 Å². The van der Waals surface area contributed by atoms with E-state index < -0.39 is 11.9 Å². The molecule has 28 heavy (non-hydrogen) atoms. The summed E-state index contributed by atoms with van der Waals surface area (Å²) < 4.78 is 1.70. The Morgan fingerprint density at radius 1 is 1.25 bits per heavy atom. The van der Waals surface area contributed by atoms with Crippen LogP contribution in [0.4, 0.5) is 0 Å². The maximum Gasteiger partial charge on any atom is 0.245 e. The first kappa shape index (κ1) is 19.6. The van der Waals surface area contributed by atoms with Crippen LogP contribution in [0.15, 0.2) is 36.5 Å². The molecule has 148 valence electrons. The molecule has 0 bridgehead atoms. The quantitative estimate of drug-likeness (QED) is 0.781. The number of hydrogen-bond acceptors (Lipinski definition) is 4. The molecule has 0 saturated heterocycles. The number of rotatable bonds is 6. The van der Waals surface area contributed by atoms with Gasteiger partial charge in [0.25, 0.3) is 0 Å². The highest BCUT2D eigenvalue weighted by molar-refractivity contribution is 5.90. The van der Waals surface area contributed by atoms with Crippen molar-refractivity contribution in [3.63, 3.8) is 0 Å². The Morgan fingerprint density at radius 3 is 2.61 bits per heavy atom. The number of nitrogens with zero attached hydrogens (tertiary/aromatic N) is 4. The number of aromatic nitrogens is 2. The van der Waals surface area contributed by atoms with E-state index in [9.17, 15) is 14.4 Å². The minimum absolute atomic E-state index is 0.0818. The molecule has 0 spiro atoms. The lowest BCUT2D eigenvalue weighted by Gasteiger charge is -2.35. The molecule has 2 N–H and O–H groups in total. The number of fused-ring (bicyclic) bond motifs is 1. The van der Waals surface area contributed by atoms with Crippen LogP contribution in [-0.2, 0) is 34.3 Å². The number of carbonyl (C=O) groups is 3. The topological polar surface area (TPSA) is 102 Å². The second kappa shape index (κ2) is 8.24. The molecule has 2 heterocycles. The molecule has 8 heteroatoms. The van der Waals surface area contributed by atoms with Crippen LogP contribution in [0.2, 0.25) is 0 Å². The number of aryl methyl sites for hydroxylation is 1. The molecule has 3 amide bonds. The number of nitrogens with two attached hydrogens (primary N) is 1. The summed E-state index contributed by atoms with van der Waals surface area (Å²) in [7, 11) is 1.80. The van der Waals surface area contributed by atoms with Crippen molar-refractivity contribution >= 4 is 17.7 Å². The molecule has 1 aliphatic rings. The smallest absolute Gasteiger partial charge is 0.245 e. The molecule has 0 aliphatic carbocycles. The molecule has 3 rings (SSSR count). The molecule has 8 nitrogen and oxygen atoms in total. The van der Waals surface area contributed by atoms with E-state index in [0.29, 0.717) is 31.5 Å². The normalized spacial score (nSPS) is 15.8. The maximum atomic E-state index is 13.0. The first-order chi connectivity index (χ1) is 13.4. The monoisotopic (exact) mass is 383 g/mol. The van der Waals surface area contributed by atoms with Crippen LogP contribution in [-0.4, -0.2) is 56.9 Å². The predicted molar refractivity (Wildman–Crippen MR) is 103 cm³/mol. The van der Waals surface area contributed by atoms with E-state index in [1.165, 1.54) is 16.7 Å². The van der Waals surface area contributed by atoms with Crippen molar-refractivity contribution < 1.29 is 14.4 Å². The standard InChI is InChI=1S/C20H25N5O3/c1-14(26)24(10-8-15-6-4-3-5-7-15)13-18(27)25-11-9-17-16(12-22-23(17)2)19(25)20(21)28/h3-7,12,19H,8-11,13H2,1-2H3,(H2,21,28). The first-order valence-electron chi connectivity index (χ1n) is 9.27. The zero-order valence-corrected chi connectivity index (χ0v) is 16.2. The van der Waals surface area contributed by atoms with Gasteiger partial charge in [0.2, 0.25) is 17.7 Å². The van der Waals surface area contributed by atoms with Gasteiger partial charge in [-0.15, -0.1) is 0 Å². The van der Waals surface area contributed by atoms with E-state index in [2.05, 4.69) is 5.10 Å². The van der Waals surface area contributed by atoms with E-state index in [1.807, 2.05) is 30.3 Å². The lowest BCUT2D eigenvalue weighted by molar-refractivity contribution is -0.144. The average Bonchev–Trinajstić information content (AvgIpc) is 3.05. The molecule has 1 unspecified atom stereocenters. The zero-order chi connectivity index (χ0) is 20.3. The second-order valence-corrected chi connectivity index (χ2v) is 6.99. The van der Waals surface area contributed by atoms with Gasteiger partial charge in [-0.2, -0.15) is 5.10 Å². The van der Waals surface area contributed by atoms with E-state index >= 15 is 0 Å². The second-order valence-electron chi connectivity index (χ2n) is 6.99. The van der Waals surface area contributed by atoms with Crippen LogP contribution in [0.5, 0.6) is 0 Å². The van der Waals surface area contributed by atoms with Gasteiger partial charge in [0, 0.05) is 44.7 Å². The van der Waals surface area contributed by atoms with Gasteiger partial charge in [-0.25, -0.2) is 0 Å². The van der Waals surface area contributed by atoms with E-state index in [-0.39, 0.29) is 18.4 Å². The molecule has 0 fully saturated rings. The molecule has 1 atom stereocenters. The van der Waals surface area contributed by atoms with Gasteiger partial charge in [-0.1, -0.05) is 30.3 Å². The molecular formula is C20H25N5O3. The van der Waals surface area contributed by atoms with Gasteiger partial charge >= 0.3 is 0 Å². The first-order valence-corrected chi connectivity index (χ1v) is 9.27. The predicted octanol–water partition coefficient (Wildman–Crippen LogP) is 0.422. The summed E-state index contributed by atoms with van der Waals surface area (Å²) in [5.74, 6) is -1.07. The van der Waals surface area contributed by atoms with Crippen LogP contribution >= 0.6 is 0 Å². The fraction of sp³-hybridized carbons (Fsp3) is 0.400. The van der Waals surface area contributed by atoms with Gasteiger partial charge in [-0.05, 0) is 12.0 Å². The SMILES string of the molecule is CC(=O)N(CCc1ccccc1)CC(=O)N1CCc2c(cnn2C)C1C(N)=O. The highest BCUT2D eigenvalue weighted by Crippen LogP contribution is 2.29.